The topological polar surface area (TPSA) is 60.3 Å². The third kappa shape index (κ3) is 3.93. The lowest BCUT2D eigenvalue weighted by Crippen LogP contribution is -2.22. The summed E-state index contributed by atoms with van der Waals surface area (Å²) in [5.74, 6) is -0.561. The first-order valence-corrected chi connectivity index (χ1v) is 9.56. The van der Waals surface area contributed by atoms with Gasteiger partial charge in [-0.3, -0.25) is 4.79 Å². The molecular formula is C23H26N2O3. The number of amides is 1. The zero-order valence-corrected chi connectivity index (χ0v) is 16.8. The van der Waals surface area contributed by atoms with Crippen LogP contribution in [0.5, 0.6) is 0 Å². The van der Waals surface area contributed by atoms with E-state index in [2.05, 4.69) is 19.2 Å². The van der Waals surface area contributed by atoms with Gasteiger partial charge in [0.2, 0.25) is 0 Å². The number of nitrogens with zero attached hydrogens (tertiary/aromatic N) is 1. The highest BCUT2D eigenvalue weighted by atomic mass is 16.5. The van der Waals surface area contributed by atoms with E-state index in [-0.39, 0.29) is 18.4 Å². The molecule has 0 aliphatic rings. The van der Waals surface area contributed by atoms with Crippen molar-refractivity contribution in [3.63, 3.8) is 0 Å². The summed E-state index contributed by atoms with van der Waals surface area (Å²) in [7, 11) is 0. The van der Waals surface area contributed by atoms with Crippen LogP contribution in [0.25, 0.3) is 10.9 Å². The van der Waals surface area contributed by atoms with E-state index >= 15 is 0 Å². The minimum absolute atomic E-state index is 0.276. The molecule has 0 unspecified atom stereocenters. The Morgan fingerprint density at radius 1 is 1.11 bits per heavy atom. The number of rotatable bonds is 6. The molecule has 3 rings (SSSR count). The normalized spacial score (nSPS) is 11.0. The second kappa shape index (κ2) is 8.30. The predicted octanol–water partition coefficient (Wildman–Crippen LogP) is 4.89. The highest BCUT2D eigenvalue weighted by molar-refractivity contribution is 6.05. The largest absolute Gasteiger partial charge is 0.452 e. The van der Waals surface area contributed by atoms with Crippen LogP contribution in [0.1, 0.15) is 48.2 Å². The van der Waals surface area contributed by atoms with Crippen LogP contribution in [0.15, 0.2) is 48.7 Å². The van der Waals surface area contributed by atoms with Crippen LogP contribution < -0.4 is 5.32 Å². The average molecular weight is 378 g/mol. The molecule has 0 aliphatic carbocycles. The summed E-state index contributed by atoms with van der Waals surface area (Å²) in [5, 5.41) is 3.73. The molecule has 0 fully saturated rings. The van der Waals surface area contributed by atoms with Gasteiger partial charge in [0.25, 0.3) is 5.91 Å². The van der Waals surface area contributed by atoms with E-state index in [1.54, 1.807) is 6.20 Å². The number of nitrogens with one attached hydrogen (secondary N) is 1. The third-order valence-corrected chi connectivity index (χ3v) is 4.87. The summed E-state index contributed by atoms with van der Waals surface area (Å²) < 4.78 is 7.30. The molecule has 1 N–H and O–H groups in total. The van der Waals surface area contributed by atoms with Gasteiger partial charge >= 0.3 is 5.97 Å². The molecule has 3 aromatic rings. The standard InChI is InChI=1S/C23H26N2O3/c1-5-25-13-19(18-10-6-7-12-20(18)25)23(27)28-14-21(26)24-22-16(4)9-8-11-17(22)15(2)3/h6-13,15H,5,14H2,1-4H3,(H,24,26). The molecule has 5 heteroatoms. The number of carbonyl (C=O) groups is 2. The number of benzene rings is 2. The van der Waals surface area contributed by atoms with E-state index < -0.39 is 5.97 Å². The second-order valence-corrected chi connectivity index (χ2v) is 7.16. The van der Waals surface area contributed by atoms with Crippen molar-refractivity contribution in [2.24, 2.45) is 0 Å². The Bertz CT molecular complexity index is 1020. The van der Waals surface area contributed by atoms with Gasteiger partial charge < -0.3 is 14.6 Å². The maximum atomic E-state index is 12.6. The van der Waals surface area contributed by atoms with Gasteiger partial charge in [-0.15, -0.1) is 0 Å². The second-order valence-electron chi connectivity index (χ2n) is 7.16. The van der Waals surface area contributed by atoms with Crippen LogP contribution in [-0.4, -0.2) is 23.1 Å². The maximum absolute atomic E-state index is 12.6. The van der Waals surface area contributed by atoms with Crippen LogP contribution >= 0.6 is 0 Å². The molecule has 0 radical (unpaired) electrons. The van der Waals surface area contributed by atoms with E-state index in [1.807, 2.05) is 60.9 Å². The third-order valence-electron chi connectivity index (χ3n) is 4.87. The number of esters is 1. The number of ether oxygens (including phenoxy) is 1. The average Bonchev–Trinajstić information content (AvgIpc) is 3.06. The number of hydrogen-bond acceptors (Lipinski definition) is 3. The minimum Gasteiger partial charge on any atom is -0.452 e. The summed E-state index contributed by atoms with van der Waals surface area (Å²) in [4.78, 5) is 25.0. The molecule has 2 aromatic carbocycles. The van der Waals surface area contributed by atoms with Gasteiger partial charge in [-0.05, 0) is 37.0 Å². The molecule has 0 aliphatic heterocycles. The zero-order valence-electron chi connectivity index (χ0n) is 16.8. The Labute approximate surface area is 165 Å². The molecular weight excluding hydrogens is 352 g/mol. The summed E-state index contributed by atoms with van der Waals surface area (Å²) in [5.41, 5.74) is 4.29. The van der Waals surface area contributed by atoms with E-state index in [9.17, 15) is 9.59 Å². The summed E-state index contributed by atoms with van der Waals surface area (Å²) in [6.45, 7) is 8.55. The van der Waals surface area contributed by atoms with Crippen LogP contribution in [0.4, 0.5) is 5.69 Å². The monoisotopic (exact) mass is 378 g/mol. The van der Waals surface area contributed by atoms with Gasteiger partial charge in [0.15, 0.2) is 6.61 Å². The fraction of sp³-hybridized carbons (Fsp3) is 0.304. The number of fused-ring (bicyclic) bond motifs is 1. The molecule has 1 heterocycles. The Balaban J connectivity index is 1.72. The van der Waals surface area contributed by atoms with Crippen LogP contribution in [0.2, 0.25) is 0 Å². The van der Waals surface area contributed by atoms with Crippen LogP contribution in [-0.2, 0) is 16.1 Å². The Morgan fingerprint density at radius 2 is 1.86 bits per heavy atom. The molecule has 0 saturated carbocycles. The first-order valence-electron chi connectivity index (χ1n) is 9.56. The number of carbonyl (C=O) groups excluding carboxylic acids is 2. The fourth-order valence-electron chi connectivity index (χ4n) is 3.40. The SMILES string of the molecule is CCn1cc(C(=O)OCC(=O)Nc2c(C)cccc2C(C)C)c2ccccc21. The van der Waals surface area contributed by atoms with Crippen molar-refractivity contribution in [1.82, 2.24) is 4.57 Å². The molecule has 0 spiro atoms. The molecule has 0 bridgehead atoms. The zero-order chi connectivity index (χ0) is 20.3. The number of aromatic nitrogens is 1. The van der Waals surface area contributed by atoms with Gasteiger partial charge in [0.1, 0.15) is 0 Å². The molecule has 28 heavy (non-hydrogen) atoms. The van der Waals surface area contributed by atoms with Crippen molar-refractivity contribution in [2.75, 3.05) is 11.9 Å². The van der Waals surface area contributed by atoms with E-state index in [4.69, 9.17) is 4.74 Å². The molecule has 1 amide bonds. The Kier molecular flexibility index (Phi) is 5.83. The molecule has 146 valence electrons. The van der Waals surface area contributed by atoms with Crippen molar-refractivity contribution in [1.29, 1.82) is 0 Å². The summed E-state index contributed by atoms with van der Waals surface area (Å²) in [6, 6.07) is 13.6. The molecule has 0 atom stereocenters. The van der Waals surface area contributed by atoms with Crippen molar-refractivity contribution in [3.8, 4) is 0 Å². The van der Waals surface area contributed by atoms with Crippen molar-refractivity contribution >= 4 is 28.5 Å². The first-order chi connectivity index (χ1) is 13.4. The highest BCUT2D eigenvalue weighted by Gasteiger charge is 2.18. The first kappa shape index (κ1) is 19.7. The quantitative estimate of drug-likeness (QED) is 0.621. The Hall–Kier alpha value is -3.08. The van der Waals surface area contributed by atoms with Crippen LogP contribution in [0.3, 0.4) is 0 Å². The predicted molar refractivity (Wildman–Crippen MR) is 112 cm³/mol. The van der Waals surface area contributed by atoms with Crippen molar-refractivity contribution < 1.29 is 14.3 Å². The van der Waals surface area contributed by atoms with E-state index in [1.165, 1.54) is 0 Å². The molecule has 1 aromatic heterocycles. The van der Waals surface area contributed by atoms with Gasteiger partial charge in [-0.1, -0.05) is 50.2 Å². The lowest BCUT2D eigenvalue weighted by Gasteiger charge is -2.16. The van der Waals surface area contributed by atoms with Gasteiger partial charge in [0.05, 0.1) is 5.56 Å². The number of hydrogen-bond donors (Lipinski definition) is 1. The highest BCUT2D eigenvalue weighted by Crippen LogP contribution is 2.27. The number of para-hydroxylation sites is 2. The smallest absolute Gasteiger partial charge is 0.340 e. The lowest BCUT2D eigenvalue weighted by atomic mass is 9.98. The maximum Gasteiger partial charge on any atom is 0.340 e. The Morgan fingerprint density at radius 3 is 2.57 bits per heavy atom. The minimum atomic E-state index is -0.493. The van der Waals surface area contributed by atoms with Crippen LogP contribution in [0, 0.1) is 6.92 Å². The number of anilines is 1. The van der Waals surface area contributed by atoms with Gasteiger partial charge in [0, 0.05) is 29.3 Å². The van der Waals surface area contributed by atoms with E-state index in [0.717, 1.165) is 34.3 Å². The lowest BCUT2D eigenvalue weighted by molar-refractivity contribution is -0.119. The fourth-order valence-corrected chi connectivity index (χ4v) is 3.40. The van der Waals surface area contributed by atoms with Crippen molar-refractivity contribution in [3.05, 3.63) is 65.4 Å². The number of aryl methyl sites for hydroxylation is 2. The summed E-state index contributed by atoms with van der Waals surface area (Å²) in [6.07, 6.45) is 1.78. The van der Waals surface area contributed by atoms with Gasteiger partial charge in [-0.25, -0.2) is 4.79 Å². The van der Waals surface area contributed by atoms with Gasteiger partial charge in [-0.2, -0.15) is 0 Å². The van der Waals surface area contributed by atoms with Crippen molar-refractivity contribution in [2.45, 2.75) is 40.2 Å². The molecule has 0 saturated heterocycles. The molecule has 5 nitrogen and oxygen atoms in total. The summed E-state index contributed by atoms with van der Waals surface area (Å²) >= 11 is 0. The van der Waals surface area contributed by atoms with E-state index in [0.29, 0.717) is 5.56 Å².